The summed E-state index contributed by atoms with van der Waals surface area (Å²) < 4.78 is 31.7. The summed E-state index contributed by atoms with van der Waals surface area (Å²) in [7, 11) is -0.456. The first-order chi connectivity index (χ1) is 9.38. The standard InChI is InChI=1S/C14H23NO4S/c1-5-11(2)15(3)20(17,18)14-7-6-13(19-4)10-12(14)8-9-16/h6-7,10-11,16H,5,8-9H2,1-4H3. The van der Waals surface area contributed by atoms with Gasteiger partial charge in [-0.15, -0.1) is 0 Å². The van der Waals surface area contributed by atoms with Gasteiger partial charge in [0.05, 0.1) is 12.0 Å². The van der Waals surface area contributed by atoms with Crippen LogP contribution in [0, 0.1) is 0 Å². The second-order valence-corrected chi connectivity index (χ2v) is 6.69. The lowest BCUT2D eigenvalue weighted by Gasteiger charge is -2.24. The lowest BCUT2D eigenvalue weighted by Crippen LogP contribution is -2.35. The molecule has 0 bridgehead atoms. The van der Waals surface area contributed by atoms with E-state index < -0.39 is 10.0 Å². The lowest BCUT2D eigenvalue weighted by molar-refractivity contribution is 0.298. The summed E-state index contributed by atoms with van der Waals surface area (Å²) in [6.45, 7) is 3.70. The molecule has 0 aliphatic carbocycles. The molecule has 0 saturated carbocycles. The van der Waals surface area contributed by atoms with Crippen molar-refractivity contribution in [3.8, 4) is 5.75 Å². The average Bonchev–Trinajstić information content (AvgIpc) is 2.45. The highest BCUT2D eigenvalue weighted by Gasteiger charge is 2.26. The Hall–Kier alpha value is -1.11. The number of hydrogen-bond acceptors (Lipinski definition) is 4. The van der Waals surface area contributed by atoms with Crippen LogP contribution < -0.4 is 4.74 Å². The number of ether oxygens (including phenoxy) is 1. The number of benzene rings is 1. The lowest BCUT2D eigenvalue weighted by atomic mass is 10.1. The van der Waals surface area contributed by atoms with E-state index in [1.165, 1.54) is 17.5 Å². The van der Waals surface area contributed by atoms with Crippen LogP contribution in [0.1, 0.15) is 25.8 Å². The summed E-state index contributed by atoms with van der Waals surface area (Å²) >= 11 is 0. The van der Waals surface area contributed by atoms with Gasteiger partial charge in [0, 0.05) is 19.7 Å². The molecule has 0 heterocycles. The molecule has 0 radical (unpaired) electrons. The normalized spacial score (nSPS) is 13.5. The molecule has 1 unspecified atom stereocenters. The molecular formula is C14H23NO4S. The molecule has 0 aliphatic heterocycles. The maximum absolute atomic E-state index is 12.6. The molecule has 1 atom stereocenters. The van der Waals surface area contributed by atoms with E-state index in [-0.39, 0.29) is 24.0 Å². The number of sulfonamides is 1. The fourth-order valence-electron chi connectivity index (χ4n) is 1.90. The van der Waals surface area contributed by atoms with Crippen molar-refractivity contribution in [2.45, 2.75) is 37.6 Å². The molecule has 0 fully saturated rings. The molecule has 1 aromatic carbocycles. The van der Waals surface area contributed by atoms with Crippen LogP contribution in [0.25, 0.3) is 0 Å². The van der Waals surface area contributed by atoms with Gasteiger partial charge in [0.2, 0.25) is 10.0 Å². The molecule has 114 valence electrons. The number of aliphatic hydroxyl groups excluding tert-OH is 1. The third kappa shape index (κ3) is 3.50. The topological polar surface area (TPSA) is 66.8 Å². The first-order valence-corrected chi connectivity index (χ1v) is 8.08. The number of rotatable bonds is 7. The van der Waals surface area contributed by atoms with Gasteiger partial charge in [0.15, 0.2) is 0 Å². The van der Waals surface area contributed by atoms with Gasteiger partial charge in [0.25, 0.3) is 0 Å². The van der Waals surface area contributed by atoms with E-state index in [0.29, 0.717) is 11.3 Å². The molecule has 0 aromatic heterocycles. The van der Waals surface area contributed by atoms with Crippen molar-refractivity contribution in [1.82, 2.24) is 4.31 Å². The Morgan fingerprint density at radius 3 is 2.55 bits per heavy atom. The Morgan fingerprint density at radius 2 is 2.05 bits per heavy atom. The summed E-state index contributed by atoms with van der Waals surface area (Å²) in [5.74, 6) is 0.582. The van der Waals surface area contributed by atoms with Crippen LogP contribution in [0.5, 0.6) is 5.75 Å². The van der Waals surface area contributed by atoms with Crippen molar-refractivity contribution in [3.63, 3.8) is 0 Å². The Balaban J connectivity index is 3.30. The minimum absolute atomic E-state index is 0.0796. The van der Waals surface area contributed by atoms with E-state index in [9.17, 15) is 8.42 Å². The third-order valence-electron chi connectivity index (χ3n) is 3.52. The van der Waals surface area contributed by atoms with E-state index >= 15 is 0 Å². The molecule has 0 amide bonds. The number of aliphatic hydroxyl groups is 1. The van der Waals surface area contributed by atoms with E-state index in [1.807, 2.05) is 13.8 Å². The minimum atomic E-state index is -3.56. The van der Waals surface area contributed by atoms with Crippen molar-refractivity contribution in [2.24, 2.45) is 0 Å². The quantitative estimate of drug-likeness (QED) is 0.831. The first-order valence-electron chi connectivity index (χ1n) is 6.64. The highest BCUT2D eigenvalue weighted by Crippen LogP contribution is 2.26. The minimum Gasteiger partial charge on any atom is -0.497 e. The van der Waals surface area contributed by atoms with Gasteiger partial charge in [-0.2, -0.15) is 4.31 Å². The Kier molecular flexibility index (Phi) is 5.98. The number of nitrogens with zero attached hydrogens (tertiary/aromatic N) is 1. The average molecular weight is 301 g/mol. The van der Waals surface area contributed by atoms with Crippen LogP contribution in [0.3, 0.4) is 0 Å². The van der Waals surface area contributed by atoms with Crippen LogP contribution >= 0.6 is 0 Å². The predicted molar refractivity (Wildman–Crippen MR) is 78.5 cm³/mol. The number of methoxy groups -OCH3 is 1. The molecule has 1 aromatic rings. The fraction of sp³-hybridized carbons (Fsp3) is 0.571. The van der Waals surface area contributed by atoms with Gasteiger partial charge in [-0.3, -0.25) is 0 Å². The van der Waals surface area contributed by atoms with Crippen molar-refractivity contribution < 1.29 is 18.3 Å². The van der Waals surface area contributed by atoms with E-state index in [2.05, 4.69) is 0 Å². The smallest absolute Gasteiger partial charge is 0.243 e. The van der Waals surface area contributed by atoms with Crippen molar-refractivity contribution in [3.05, 3.63) is 23.8 Å². The molecule has 5 nitrogen and oxygen atoms in total. The maximum atomic E-state index is 12.6. The van der Waals surface area contributed by atoms with Crippen LogP contribution in [0.2, 0.25) is 0 Å². The fourth-order valence-corrected chi connectivity index (χ4v) is 3.56. The van der Waals surface area contributed by atoms with Gasteiger partial charge in [0.1, 0.15) is 5.75 Å². The maximum Gasteiger partial charge on any atom is 0.243 e. The largest absolute Gasteiger partial charge is 0.497 e. The highest BCUT2D eigenvalue weighted by molar-refractivity contribution is 7.89. The monoisotopic (exact) mass is 301 g/mol. The zero-order valence-corrected chi connectivity index (χ0v) is 13.3. The Bertz CT molecular complexity index is 542. The first kappa shape index (κ1) is 16.9. The van der Waals surface area contributed by atoms with Crippen molar-refractivity contribution in [1.29, 1.82) is 0 Å². The van der Waals surface area contributed by atoms with E-state index in [1.54, 1.807) is 19.2 Å². The molecule has 0 spiro atoms. The van der Waals surface area contributed by atoms with Gasteiger partial charge < -0.3 is 9.84 Å². The molecule has 1 N–H and O–H groups in total. The Morgan fingerprint density at radius 1 is 1.40 bits per heavy atom. The van der Waals surface area contributed by atoms with Crippen LogP contribution in [0.4, 0.5) is 0 Å². The van der Waals surface area contributed by atoms with Gasteiger partial charge >= 0.3 is 0 Å². The van der Waals surface area contributed by atoms with Crippen LogP contribution in [-0.4, -0.2) is 44.6 Å². The Labute approximate surface area is 121 Å². The summed E-state index contributed by atoms with van der Waals surface area (Å²) in [6, 6.07) is 4.74. The zero-order valence-electron chi connectivity index (χ0n) is 12.5. The summed E-state index contributed by atoms with van der Waals surface area (Å²) in [6.07, 6.45) is 1.02. The second kappa shape index (κ2) is 7.06. The van der Waals surface area contributed by atoms with Crippen molar-refractivity contribution in [2.75, 3.05) is 20.8 Å². The van der Waals surface area contributed by atoms with Gasteiger partial charge in [-0.05, 0) is 43.5 Å². The van der Waals surface area contributed by atoms with E-state index in [4.69, 9.17) is 9.84 Å². The van der Waals surface area contributed by atoms with Gasteiger partial charge in [-0.25, -0.2) is 8.42 Å². The summed E-state index contributed by atoms with van der Waals surface area (Å²) in [4.78, 5) is 0.232. The predicted octanol–water partition coefficient (Wildman–Crippen LogP) is 1.65. The molecule has 1 rings (SSSR count). The second-order valence-electron chi connectivity index (χ2n) is 4.73. The van der Waals surface area contributed by atoms with E-state index in [0.717, 1.165) is 6.42 Å². The van der Waals surface area contributed by atoms with Gasteiger partial charge in [-0.1, -0.05) is 6.92 Å². The van der Waals surface area contributed by atoms with Crippen molar-refractivity contribution >= 4 is 10.0 Å². The number of hydrogen-bond donors (Lipinski definition) is 1. The zero-order chi connectivity index (χ0) is 15.3. The summed E-state index contributed by atoms with van der Waals surface area (Å²) in [5, 5.41) is 9.12. The summed E-state index contributed by atoms with van der Waals surface area (Å²) in [5.41, 5.74) is 0.571. The highest BCUT2D eigenvalue weighted by atomic mass is 32.2. The molecule has 6 heteroatoms. The third-order valence-corrected chi connectivity index (χ3v) is 5.59. The molecule has 20 heavy (non-hydrogen) atoms. The molecular weight excluding hydrogens is 278 g/mol. The van der Waals surface area contributed by atoms with Crippen LogP contribution in [0.15, 0.2) is 23.1 Å². The molecule has 0 saturated heterocycles. The molecule has 0 aliphatic rings. The van der Waals surface area contributed by atoms with Crippen LogP contribution in [-0.2, 0) is 16.4 Å². The SMILES string of the molecule is CCC(C)N(C)S(=O)(=O)c1ccc(OC)cc1CCO.